The summed E-state index contributed by atoms with van der Waals surface area (Å²) in [6, 6.07) is 14.2. The van der Waals surface area contributed by atoms with Gasteiger partial charge in [-0.2, -0.15) is 0 Å². The first-order valence-corrected chi connectivity index (χ1v) is 6.56. The monoisotopic (exact) mass is 260 g/mol. The van der Waals surface area contributed by atoms with Crippen molar-refractivity contribution in [3.8, 4) is 5.75 Å². The summed E-state index contributed by atoms with van der Waals surface area (Å²) >= 11 is 0. The van der Waals surface area contributed by atoms with Crippen LogP contribution in [0.25, 0.3) is 10.8 Å². The van der Waals surface area contributed by atoms with E-state index in [0.29, 0.717) is 13.2 Å². The van der Waals surface area contributed by atoms with Crippen LogP contribution in [0.1, 0.15) is 13.8 Å². The summed E-state index contributed by atoms with van der Waals surface area (Å²) in [5.41, 5.74) is 0. The first-order valence-electron chi connectivity index (χ1n) is 6.56. The van der Waals surface area contributed by atoms with E-state index < -0.39 is 6.10 Å². The van der Waals surface area contributed by atoms with Crippen LogP contribution in [-0.2, 0) is 4.74 Å². The molecule has 0 saturated carbocycles. The number of hydrogen-bond acceptors (Lipinski definition) is 3. The lowest BCUT2D eigenvalue weighted by Gasteiger charge is -2.15. The number of aliphatic hydroxyl groups excluding tert-OH is 1. The molecule has 19 heavy (non-hydrogen) atoms. The van der Waals surface area contributed by atoms with Crippen LogP contribution in [0.5, 0.6) is 5.75 Å². The van der Waals surface area contributed by atoms with Gasteiger partial charge in [-0.1, -0.05) is 30.3 Å². The third-order valence-corrected chi connectivity index (χ3v) is 2.83. The van der Waals surface area contributed by atoms with Crippen LogP contribution in [-0.4, -0.2) is 30.5 Å². The summed E-state index contributed by atoms with van der Waals surface area (Å²) in [5, 5.41) is 11.5. The Morgan fingerprint density at radius 1 is 1.00 bits per heavy atom. The first kappa shape index (κ1) is 13.8. The van der Waals surface area contributed by atoms with Crippen molar-refractivity contribution in [1.82, 2.24) is 0 Å². The van der Waals surface area contributed by atoms with Crippen LogP contribution in [0.2, 0.25) is 0 Å². The van der Waals surface area contributed by atoms with E-state index in [1.807, 2.05) is 37.3 Å². The van der Waals surface area contributed by atoms with E-state index in [-0.39, 0.29) is 6.10 Å². The van der Waals surface area contributed by atoms with Crippen LogP contribution < -0.4 is 4.74 Å². The molecule has 0 radical (unpaired) electrons. The Kier molecular flexibility index (Phi) is 4.77. The minimum atomic E-state index is -0.442. The topological polar surface area (TPSA) is 38.7 Å². The Bertz CT molecular complexity index is 522. The lowest BCUT2D eigenvalue weighted by atomic mass is 10.1. The number of rotatable bonds is 6. The van der Waals surface area contributed by atoms with Gasteiger partial charge in [-0.3, -0.25) is 0 Å². The molecule has 0 fully saturated rings. The van der Waals surface area contributed by atoms with Gasteiger partial charge in [0, 0.05) is 0 Å². The highest BCUT2D eigenvalue weighted by Crippen LogP contribution is 2.20. The lowest BCUT2D eigenvalue weighted by molar-refractivity contribution is -0.0131. The second-order valence-electron chi connectivity index (χ2n) is 4.81. The predicted molar refractivity (Wildman–Crippen MR) is 76.5 cm³/mol. The fourth-order valence-corrected chi connectivity index (χ4v) is 1.82. The van der Waals surface area contributed by atoms with Crippen molar-refractivity contribution in [3.63, 3.8) is 0 Å². The molecule has 0 aliphatic rings. The maximum atomic E-state index is 9.14. The van der Waals surface area contributed by atoms with Gasteiger partial charge in [0.2, 0.25) is 0 Å². The highest BCUT2D eigenvalue weighted by atomic mass is 16.5. The third kappa shape index (κ3) is 4.23. The molecular formula is C16H20O3. The molecule has 0 heterocycles. The molecule has 102 valence electrons. The average Bonchev–Trinajstić information content (AvgIpc) is 2.42. The van der Waals surface area contributed by atoms with Crippen molar-refractivity contribution < 1.29 is 14.6 Å². The van der Waals surface area contributed by atoms with Gasteiger partial charge in [0.25, 0.3) is 0 Å². The lowest BCUT2D eigenvalue weighted by Crippen LogP contribution is -2.22. The molecule has 0 aliphatic heterocycles. The molecule has 2 atom stereocenters. The van der Waals surface area contributed by atoms with Crippen LogP contribution in [0.15, 0.2) is 42.5 Å². The first-order chi connectivity index (χ1) is 9.15. The van der Waals surface area contributed by atoms with Crippen molar-refractivity contribution in [2.75, 3.05) is 13.2 Å². The SMILES string of the molecule is CC(O)COC(C)COc1ccc2ccccc2c1. The fourth-order valence-electron chi connectivity index (χ4n) is 1.82. The Morgan fingerprint density at radius 2 is 1.74 bits per heavy atom. The molecule has 0 bridgehead atoms. The molecule has 2 rings (SSSR count). The van der Waals surface area contributed by atoms with Gasteiger partial charge in [0.05, 0.1) is 18.8 Å². The van der Waals surface area contributed by atoms with Crippen LogP contribution in [0, 0.1) is 0 Å². The Balaban J connectivity index is 1.90. The summed E-state index contributed by atoms with van der Waals surface area (Å²) in [7, 11) is 0. The zero-order valence-electron chi connectivity index (χ0n) is 11.4. The van der Waals surface area contributed by atoms with Crippen molar-refractivity contribution in [2.24, 2.45) is 0 Å². The van der Waals surface area contributed by atoms with E-state index >= 15 is 0 Å². The Hall–Kier alpha value is -1.58. The summed E-state index contributed by atoms with van der Waals surface area (Å²) in [6.07, 6.45) is -0.482. The van der Waals surface area contributed by atoms with Gasteiger partial charge in [-0.15, -0.1) is 0 Å². The van der Waals surface area contributed by atoms with Gasteiger partial charge < -0.3 is 14.6 Å². The van der Waals surface area contributed by atoms with Gasteiger partial charge >= 0.3 is 0 Å². The standard InChI is InChI=1S/C16H20O3/c1-12(17)10-18-13(2)11-19-16-8-7-14-5-3-4-6-15(14)9-16/h3-9,12-13,17H,10-11H2,1-2H3. The van der Waals surface area contributed by atoms with E-state index in [0.717, 1.165) is 11.1 Å². The molecule has 0 spiro atoms. The van der Waals surface area contributed by atoms with Crippen LogP contribution >= 0.6 is 0 Å². The summed E-state index contributed by atoms with van der Waals surface area (Å²) in [6.45, 7) is 4.45. The zero-order chi connectivity index (χ0) is 13.7. The fraction of sp³-hybridized carbons (Fsp3) is 0.375. The Morgan fingerprint density at radius 3 is 2.47 bits per heavy atom. The molecule has 0 saturated heterocycles. The van der Waals surface area contributed by atoms with E-state index in [4.69, 9.17) is 14.6 Å². The van der Waals surface area contributed by atoms with Crippen LogP contribution in [0.4, 0.5) is 0 Å². The summed E-state index contributed by atoms with van der Waals surface area (Å²) in [4.78, 5) is 0. The number of benzene rings is 2. The van der Waals surface area contributed by atoms with Gasteiger partial charge in [0.15, 0.2) is 0 Å². The van der Waals surface area contributed by atoms with Crippen LogP contribution in [0.3, 0.4) is 0 Å². The van der Waals surface area contributed by atoms with E-state index in [2.05, 4.69) is 12.1 Å². The van der Waals surface area contributed by atoms with Gasteiger partial charge in [0.1, 0.15) is 12.4 Å². The maximum Gasteiger partial charge on any atom is 0.120 e. The summed E-state index contributed by atoms with van der Waals surface area (Å²) in [5.74, 6) is 0.839. The number of aliphatic hydroxyl groups is 1. The second-order valence-corrected chi connectivity index (χ2v) is 4.81. The molecule has 2 aromatic carbocycles. The second kappa shape index (κ2) is 6.55. The third-order valence-electron chi connectivity index (χ3n) is 2.83. The van der Waals surface area contributed by atoms with E-state index in [1.165, 1.54) is 5.39 Å². The molecule has 3 heteroatoms. The van der Waals surface area contributed by atoms with E-state index in [1.54, 1.807) is 6.92 Å². The van der Waals surface area contributed by atoms with Gasteiger partial charge in [-0.05, 0) is 36.8 Å². The zero-order valence-corrected chi connectivity index (χ0v) is 11.4. The molecule has 3 nitrogen and oxygen atoms in total. The maximum absolute atomic E-state index is 9.14. The minimum Gasteiger partial charge on any atom is -0.491 e. The predicted octanol–water partition coefficient (Wildman–Crippen LogP) is 3.00. The van der Waals surface area contributed by atoms with Crippen molar-refractivity contribution in [3.05, 3.63) is 42.5 Å². The molecule has 2 unspecified atom stereocenters. The van der Waals surface area contributed by atoms with Crippen molar-refractivity contribution in [2.45, 2.75) is 26.1 Å². The number of fused-ring (bicyclic) bond motifs is 1. The molecule has 1 N–H and O–H groups in total. The van der Waals surface area contributed by atoms with E-state index in [9.17, 15) is 0 Å². The summed E-state index contributed by atoms with van der Waals surface area (Å²) < 4.78 is 11.1. The molecule has 0 aromatic heterocycles. The number of ether oxygens (including phenoxy) is 2. The number of hydrogen-bond donors (Lipinski definition) is 1. The average molecular weight is 260 g/mol. The molecular weight excluding hydrogens is 240 g/mol. The quantitative estimate of drug-likeness (QED) is 0.867. The molecule has 0 amide bonds. The molecule has 0 aliphatic carbocycles. The van der Waals surface area contributed by atoms with Gasteiger partial charge in [-0.25, -0.2) is 0 Å². The smallest absolute Gasteiger partial charge is 0.120 e. The highest BCUT2D eigenvalue weighted by Gasteiger charge is 2.05. The highest BCUT2D eigenvalue weighted by molar-refractivity contribution is 5.83. The van der Waals surface area contributed by atoms with Crippen molar-refractivity contribution in [1.29, 1.82) is 0 Å². The molecule has 2 aromatic rings. The Labute approximate surface area is 113 Å². The largest absolute Gasteiger partial charge is 0.491 e. The minimum absolute atomic E-state index is 0.0407. The van der Waals surface area contributed by atoms with Crippen molar-refractivity contribution >= 4 is 10.8 Å². The normalized spacial score (nSPS) is 14.3.